The molecule has 0 spiro atoms. The maximum Gasteiger partial charge on any atom is 0.416 e. The number of carbonyl (C=O) groups excluding carboxylic acids is 2. The van der Waals surface area contributed by atoms with Crippen LogP contribution in [-0.4, -0.2) is 48.3 Å². The number of nitrogens with zero attached hydrogens (tertiary/aromatic N) is 3. The van der Waals surface area contributed by atoms with Crippen molar-refractivity contribution < 1.29 is 22.8 Å². The summed E-state index contributed by atoms with van der Waals surface area (Å²) in [6, 6.07) is 10.3. The molecule has 0 bridgehead atoms. The number of hydrazine groups is 1. The number of hydrogen-bond donors (Lipinski definition) is 3. The Morgan fingerprint density at radius 2 is 2.00 bits per heavy atom. The van der Waals surface area contributed by atoms with Crippen molar-refractivity contribution in [2.75, 3.05) is 31.6 Å². The van der Waals surface area contributed by atoms with Crippen molar-refractivity contribution in [2.45, 2.75) is 64.2 Å². The van der Waals surface area contributed by atoms with Crippen LogP contribution in [-0.2, 0) is 29.5 Å². The number of nitrogens with one attached hydrogen (secondary N) is 1. The lowest BCUT2D eigenvalue weighted by Crippen LogP contribution is -2.48. The smallest absolute Gasteiger partial charge is 0.339 e. The first-order valence-electron chi connectivity index (χ1n) is 15.4. The highest BCUT2D eigenvalue weighted by molar-refractivity contribution is 7.84. The minimum Gasteiger partial charge on any atom is -0.339 e. The van der Waals surface area contributed by atoms with E-state index in [-0.39, 0.29) is 30.1 Å². The Balaban J connectivity index is 1.37. The quantitative estimate of drug-likeness (QED) is 0.128. The van der Waals surface area contributed by atoms with Crippen LogP contribution in [0.4, 0.5) is 18.9 Å². The van der Waals surface area contributed by atoms with Gasteiger partial charge < -0.3 is 20.1 Å². The molecular formula is C34H42F3N5O2S. The molecule has 242 valence electrons. The molecule has 3 N–H and O–H groups in total. The predicted octanol–water partition coefficient (Wildman–Crippen LogP) is 6.01. The highest BCUT2D eigenvalue weighted by Crippen LogP contribution is 2.53. The van der Waals surface area contributed by atoms with Crippen molar-refractivity contribution in [1.82, 2.24) is 15.2 Å². The van der Waals surface area contributed by atoms with Crippen LogP contribution in [0.2, 0.25) is 0 Å². The van der Waals surface area contributed by atoms with Gasteiger partial charge in [-0.2, -0.15) is 13.2 Å². The normalized spacial score (nSPS) is 23.6. The Bertz CT molecular complexity index is 1510. The fraction of sp³-hybridized carbons (Fsp3) is 0.471. The van der Waals surface area contributed by atoms with Gasteiger partial charge in [0.05, 0.1) is 12.1 Å². The number of fused-ring (bicyclic) bond motifs is 1. The van der Waals surface area contributed by atoms with Crippen molar-refractivity contribution in [2.24, 2.45) is 17.7 Å². The van der Waals surface area contributed by atoms with E-state index >= 15 is 0 Å². The second kappa shape index (κ2) is 12.8. The van der Waals surface area contributed by atoms with Gasteiger partial charge in [-0.1, -0.05) is 25.6 Å². The first-order valence-corrected chi connectivity index (χ1v) is 15.8. The van der Waals surface area contributed by atoms with Crippen molar-refractivity contribution in [3.05, 3.63) is 87.5 Å². The number of halogens is 3. The fourth-order valence-electron chi connectivity index (χ4n) is 7.49. The summed E-state index contributed by atoms with van der Waals surface area (Å²) in [6.45, 7) is 9.71. The Labute approximate surface area is 268 Å². The number of rotatable bonds is 10. The molecule has 45 heavy (non-hydrogen) atoms. The third-order valence-corrected chi connectivity index (χ3v) is 9.86. The number of alkyl halides is 3. The summed E-state index contributed by atoms with van der Waals surface area (Å²) in [5.41, 5.74) is 4.50. The number of likely N-dealkylation sites (tertiary alicyclic amines) is 1. The maximum atomic E-state index is 14.4. The summed E-state index contributed by atoms with van der Waals surface area (Å²) < 4.78 is 43.2. The average molecular weight is 642 g/mol. The molecule has 2 aliphatic heterocycles. The molecule has 7 nitrogen and oxygen atoms in total. The van der Waals surface area contributed by atoms with Gasteiger partial charge in [-0.25, -0.2) is 0 Å². The Morgan fingerprint density at radius 1 is 1.27 bits per heavy atom. The van der Waals surface area contributed by atoms with E-state index in [1.54, 1.807) is 17.0 Å². The number of thiol groups is 1. The van der Waals surface area contributed by atoms with Gasteiger partial charge in [0.15, 0.2) is 0 Å². The third-order valence-electron chi connectivity index (χ3n) is 9.64. The molecule has 2 aromatic carbocycles. The van der Waals surface area contributed by atoms with Crippen LogP contribution in [0.5, 0.6) is 0 Å². The van der Waals surface area contributed by atoms with E-state index < -0.39 is 23.1 Å². The molecule has 2 heterocycles. The lowest BCUT2D eigenvalue weighted by molar-refractivity contribution is -0.138. The number of carbonyl (C=O) groups is 2. The predicted molar refractivity (Wildman–Crippen MR) is 173 cm³/mol. The van der Waals surface area contributed by atoms with E-state index in [2.05, 4.69) is 31.6 Å². The number of allylic oxidation sites excluding steroid dienone is 2. The van der Waals surface area contributed by atoms with Gasteiger partial charge in [-0.05, 0) is 110 Å². The summed E-state index contributed by atoms with van der Waals surface area (Å²) in [5, 5.41) is 0. The van der Waals surface area contributed by atoms with Crippen LogP contribution in [0.3, 0.4) is 0 Å². The zero-order valence-electron chi connectivity index (χ0n) is 26.1. The van der Waals surface area contributed by atoms with E-state index in [0.29, 0.717) is 42.7 Å². The molecule has 0 radical (unpaired) electrons. The molecule has 1 atom stereocenters. The standard InChI is InChI=1S/C34H42F3N5O2S/c1-5-30(43)41-12-10-23(19-41)9-11-40(4)18-24-13-27-28(29(14-24)34(35,36)37)20-42(32(27)44)26-8-6-7-25(15-26)33(16-21(2)17-33)31(39-38)22(3)45/h5-8,13-15,21,23,39,45H,1,9-12,16-20,38H2,2-4H3/b31-22-/t21?,23-,33?/m0/s1. The molecule has 2 fully saturated rings. The summed E-state index contributed by atoms with van der Waals surface area (Å²) in [7, 11) is 1.87. The van der Waals surface area contributed by atoms with Crippen LogP contribution in [0.1, 0.15) is 72.1 Å². The highest BCUT2D eigenvalue weighted by Gasteiger charge is 2.47. The highest BCUT2D eigenvalue weighted by atomic mass is 32.1. The van der Waals surface area contributed by atoms with Crippen LogP contribution in [0.15, 0.2) is 59.7 Å². The Hall–Kier alpha value is -3.28. The molecule has 5 rings (SSSR count). The topological polar surface area (TPSA) is 81.9 Å². The van der Waals surface area contributed by atoms with Crippen LogP contribution >= 0.6 is 12.6 Å². The summed E-state index contributed by atoms with van der Waals surface area (Å²) >= 11 is 4.56. The summed E-state index contributed by atoms with van der Waals surface area (Å²) in [5.74, 6) is 6.20. The number of benzene rings is 2. The third kappa shape index (κ3) is 6.53. The molecule has 0 aromatic heterocycles. The molecule has 11 heteroatoms. The number of anilines is 1. The largest absolute Gasteiger partial charge is 0.416 e. The number of hydrogen-bond acceptors (Lipinski definition) is 6. The van der Waals surface area contributed by atoms with Gasteiger partial charge in [0.2, 0.25) is 5.91 Å². The van der Waals surface area contributed by atoms with E-state index in [4.69, 9.17) is 5.84 Å². The second-order valence-corrected chi connectivity index (χ2v) is 13.6. The van der Waals surface area contributed by atoms with Crippen LogP contribution in [0.25, 0.3) is 0 Å². The van der Waals surface area contributed by atoms with Crippen molar-refractivity contribution in [3.63, 3.8) is 0 Å². The minimum atomic E-state index is -4.61. The molecule has 2 amide bonds. The monoisotopic (exact) mass is 641 g/mol. The van der Waals surface area contributed by atoms with Crippen molar-refractivity contribution in [1.29, 1.82) is 0 Å². The first-order chi connectivity index (χ1) is 21.3. The molecule has 2 aromatic rings. The lowest BCUT2D eigenvalue weighted by Gasteiger charge is -2.49. The summed E-state index contributed by atoms with van der Waals surface area (Å²) in [6.07, 6.45) is 0.102. The summed E-state index contributed by atoms with van der Waals surface area (Å²) in [4.78, 5) is 31.6. The maximum absolute atomic E-state index is 14.4. The number of amides is 2. The van der Waals surface area contributed by atoms with Crippen LogP contribution < -0.4 is 16.2 Å². The first kappa shape index (κ1) is 33.1. The molecule has 1 saturated heterocycles. The lowest BCUT2D eigenvalue weighted by atomic mass is 9.57. The van der Waals surface area contributed by atoms with Gasteiger partial charge in [-0.15, -0.1) is 12.6 Å². The fourth-order valence-corrected chi connectivity index (χ4v) is 7.77. The van der Waals surface area contributed by atoms with Gasteiger partial charge in [0.25, 0.3) is 5.91 Å². The Morgan fingerprint density at radius 3 is 2.62 bits per heavy atom. The zero-order valence-corrected chi connectivity index (χ0v) is 27.0. The Kier molecular flexibility index (Phi) is 9.45. The zero-order chi connectivity index (χ0) is 32.7. The van der Waals surface area contributed by atoms with E-state index in [1.807, 2.05) is 37.1 Å². The SMILES string of the molecule is C=CC(=O)N1CC[C@H](CCN(C)Cc2cc3c(c(C(F)(F)F)c2)CN(c2cccc(C4(/C(NN)=C(\C)S)CC(C)C4)c2)C3=O)C1. The van der Waals surface area contributed by atoms with Gasteiger partial charge in [0, 0.05) is 42.0 Å². The van der Waals surface area contributed by atoms with Gasteiger partial charge in [0.1, 0.15) is 0 Å². The molecular weight excluding hydrogens is 599 g/mol. The number of nitrogens with two attached hydrogens (primary N) is 1. The van der Waals surface area contributed by atoms with E-state index in [0.717, 1.165) is 41.8 Å². The molecule has 1 aliphatic carbocycles. The van der Waals surface area contributed by atoms with Gasteiger partial charge in [-0.3, -0.25) is 15.4 Å². The van der Waals surface area contributed by atoms with E-state index in [1.165, 1.54) is 17.0 Å². The molecule has 0 unspecified atom stereocenters. The average Bonchev–Trinajstić information content (AvgIpc) is 3.58. The molecule has 3 aliphatic rings. The van der Waals surface area contributed by atoms with Crippen molar-refractivity contribution in [3.8, 4) is 0 Å². The minimum absolute atomic E-state index is 0.00429. The van der Waals surface area contributed by atoms with Crippen LogP contribution in [0, 0.1) is 11.8 Å². The second-order valence-electron chi connectivity index (χ2n) is 13.0. The molecule has 1 saturated carbocycles. The van der Waals surface area contributed by atoms with E-state index in [9.17, 15) is 22.8 Å². The van der Waals surface area contributed by atoms with Gasteiger partial charge >= 0.3 is 6.18 Å². The van der Waals surface area contributed by atoms with Crippen molar-refractivity contribution >= 4 is 30.1 Å².